The summed E-state index contributed by atoms with van der Waals surface area (Å²) in [5.41, 5.74) is 5.35. The molecule has 1 fully saturated rings. The molecule has 19 heavy (non-hydrogen) atoms. The fourth-order valence-electron chi connectivity index (χ4n) is 2.33. The zero-order valence-electron chi connectivity index (χ0n) is 11.0. The molecule has 2 N–H and O–H groups in total. The highest BCUT2D eigenvalue weighted by atomic mass is 19.4. The first-order chi connectivity index (χ1) is 8.91. The van der Waals surface area contributed by atoms with E-state index in [-0.39, 0.29) is 5.69 Å². The Kier molecular flexibility index (Phi) is 4.04. The second-order valence-electron chi connectivity index (χ2n) is 5.12. The average molecular weight is 272 g/mol. The van der Waals surface area contributed by atoms with E-state index in [1.807, 2.05) is 6.92 Å². The standard InChI is InChI=1S/C14H19F3N2/c1-2-7-19(12-5-6-12)9-10-3-4-11(18)8-13(10)14(15,16)17/h3-4,8,12H,2,5-7,9,18H2,1H3. The van der Waals surface area contributed by atoms with Gasteiger partial charge in [0.1, 0.15) is 0 Å². The molecule has 1 aromatic carbocycles. The number of nitrogens with two attached hydrogens (primary N) is 1. The van der Waals surface area contributed by atoms with Gasteiger partial charge in [-0.1, -0.05) is 13.0 Å². The third-order valence-electron chi connectivity index (χ3n) is 3.39. The lowest BCUT2D eigenvalue weighted by Crippen LogP contribution is -2.27. The van der Waals surface area contributed by atoms with Gasteiger partial charge in [0.15, 0.2) is 0 Å². The summed E-state index contributed by atoms with van der Waals surface area (Å²) in [4.78, 5) is 2.14. The summed E-state index contributed by atoms with van der Waals surface area (Å²) >= 11 is 0. The fraction of sp³-hybridized carbons (Fsp3) is 0.571. The third-order valence-corrected chi connectivity index (χ3v) is 3.39. The molecule has 0 bridgehead atoms. The van der Waals surface area contributed by atoms with Gasteiger partial charge in [0.25, 0.3) is 0 Å². The SMILES string of the molecule is CCCN(Cc1ccc(N)cc1C(F)(F)F)C1CC1. The molecule has 0 amide bonds. The van der Waals surface area contributed by atoms with Crippen molar-refractivity contribution in [1.29, 1.82) is 0 Å². The van der Waals surface area contributed by atoms with E-state index >= 15 is 0 Å². The van der Waals surface area contributed by atoms with Gasteiger partial charge in [0.2, 0.25) is 0 Å². The van der Waals surface area contributed by atoms with Crippen molar-refractivity contribution in [1.82, 2.24) is 4.90 Å². The lowest BCUT2D eigenvalue weighted by Gasteiger charge is -2.23. The normalized spacial score (nSPS) is 16.1. The van der Waals surface area contributed by atoms with Crippen LogP contribution in [0.1, 0.15) is 37.3 Å². The van der Waals surface area contributed by atoms with Gasteiger partial charge in [-0.2, -0.15) is 13.2 Å². The molecule has 2 nitrogen and oxygen atoms in total. The number of hydrogen-bond acceptors (Lipinski definition) is 2. The van der Waals surface area contributed by atoms with Crippen LogP contribution in [0.5, 0.6) is 0 Å². The zero-order valence-corrected chi connectivity index (χ0v) is 11.0. The molecular formula is C14H19F3N2. The second kappa shape index (κ2) is 5.41. The Hall–Kier alpha value is -1.23. The van der Waals surface area contributed by atoms with Crippen molar-refractivity contribution in [2.45, 2.75) is 44.9 Å². The Morgan fingerprint density at radius 1 is 1.32 bits per heavy atom. The number of nitrogen functional groups attached to an aromatic ring is 1. The van der Waals surface area contributed by atoms with Crippen molar-refractivity contribution in [3.63, 3.8) is 0 Å². The smallest absolute Gasteiger partial charge is 0.399 e. The number of anilines is 1. The molecule has 0 spiro atoms. The van der Waals surface area contributed by atoms with Gasteiger partial charge in [0.05, 0.1) is 5.56 Å². The molecule has 0 atom stereocenters. The summed E-state index contributed by atoms with van der Waals surface area (Å²) in [5, 5.41) is 0. The van der Waals surface area contributed by atoms with Gasteiger partial charge in [0, 0.05) is 18.3 Å². The van der Waals surface area contributed by atoms with Crippen LogP contribution >= 0.6 is 0 Å². The van der Waals surface area contributed by atoms with Crippen LogP contribution in [0.25, 0.3) is 0 Å². The zero-order chi connectivity index (χ0) is 14.0. The summed E-state index contributed by atoms with van der Waals surface area (Å²) in [6, 6.07) is 4.54. The van der Waals surface area contributed by atoms with Gasteiger partial charge in [-0.25, -0.2) is 0 Å². The van der Waals surface area contributed by atoms with Crippen LogP contribution in [0.15, 0.2) is 18.2 Å². The molecule has 5 heteroatoms. The van der Waals surface area contributed by atoms with Crippen LogP contribution in [-0.2, 0) is 12.7 Å². The van der Waals surface area contributed by atoms with Crippen molar-refractivity contribution in [3.8, 4) is 0 Å². The number of nitrogens with zero attached hydrogens (tertiary/aromatic N) is 1. The topological polar surface area (TPSA) is 29.3 Å². The molecule has 1 saturated carbocycles. The van der Waals surface area contributed by atoms with E-state index < -0.39 is 11.7 Å². The van der Waals surface area contributed by atoms with E-state index in [2.05, 4.69) is 4.90 Å². The minimum absolute atomic E-state index is 0.157. The minimum atomic E-state index is -4.34. The number of alkyl halides is 3. The maximum Gasteiger partial charge on any atom is 0.416 e. The van der Waals surface area contributed by atoms with Crippen molar-refractivity contribution >= 4 is 5.69 Å². The molecule has 0 aliphatic heterocycles. The molecule has 0 unspecified atom stereocenters. The first kappa shape index (κ1) is 14.2. The highest BCUT2D eigenvalue weighted by molar-refractivity contribution is 5.46. The molecule has 0 aromatic heterocycles. The number of benzene rings is 1. The van der Waals surface area contributed by atoms with Gasteiger partial charge in [-0.05, 0) is 43.5 Å². The number of hydrogen-bond donors (Lipinski definition) is 1. The summed E-state index contributed by atoms with van der Waals surface area (Å²) < 4.78 is 39.0. The Balaban J connectivity index is 2.23. The maximum atomic E-state index is 13.0. The quantitative estimate of drug-likeness (QED) is 0.829. The fourth-order valence-corrected chi connectivity index (χ4v) is 2.33. The molecule has 1 aliphatic rings. The molecular weight excluding hydrogens is 253 g/mol. The number of rotatable bonds is 5. The molecule has 1 aliphatic carbocycles. The van der Waals surface area contributed by atoms with Crippen molar-refractivity contribution in [2.24, 2.45) is 0 Å². The van der Waals surface area contributed by atoms with E-state index in [9.17, 15) is 13.2 Å². The third kappa shape index (κ3) is 3.62. The van der Waals surface area contributed by atoms with Crippen LogP contribution in [0.2, 0.25) is 0 Å². The van der Waals surface area contributed by atoms with Gasteiger partial charge >= 0.3 is 6.18 Å². The molecule has 0 radical (unpaired) electrons. The highest BCUT2D eigenvalue weighted by Gasteiger charge is 2.35. The monoisotopic (exact) mass is 272 g/mol. The molecule has 0 saturated heterocycles. The predicted molar refractivity (Wildman–Crippen MR) is 69.6 cm³/mol. The number of halogens is 3. The predicted octanol–water partition coefficient (Wildman–Crippen LogP) is 3.66. The van der Waals surface area contributed by atoms with Gasteiger partial charge < -0.3 is 5.73 Å². The summed E-state index contributed by atoms with van der Waals surface area (Å²) in [6.45, 7) is 3.24. The van der Waals surface area contributed by atoms with Crippen LogP contribution in [0.3, 0.4) is 0 Å². The van der Waals surface area contributed by atoms with E-state index in [0.29, 0.717) is 18.2 Å². The largest absolute Gasteiger partial charge is 0.416 e. The Morgan fingerprint density at radius 2 is 2.00 bits per heavy atom. The van der Waals surface area contributed by atoms with E-state index in [1.165, 1.54) is 6.07 Å². The van der Waals surface area contributed by atoms with Gasteiger partial charge in [-0.15, -0.1) is 0 Å². The molecule has 1 aromatic rings. The second-order valence-corrected chi connectivity index (χ2v) is 5.12. The van der Waals surface area contributed by atoms with Crippen molar-refractivity contribution in [3.05, 3.63) is 29.3 Å². The molecule has 0 heterocycles. The van der Waals surface area contributed by atoms with Crippen molar-refractivity contribution < 1.29 is 13.2 Å². The average Bonchev–Trinajstić information content (AvgIpc) is 3.13. The lowest BCUT2D eigenvalue weighted by molar-refractivity contribution is -0.138. The van der Waals surface area contributed by atoms with E-state index in [4.69, 9.17) is 5.73 Å². The van der Waals surface area contributed by atoms with Crippen LogP contribution in [-0.4, -0.2) is 17.5 Å². The minimum Gasteiger partial charge on any atom is -0.399 e. The van der Waals surface area contributed by atoms with Crippen LogP contribution in [0, 0.1) is 0 Å². The van der Waals surface area contributed by atoms with E-state index in [0.717, 1.165) is 31.9 Å². The first-order valence-corrected chi connectivity index (χ1v) is 6.61. The van der Waals surface area contributed by atoms with E-state index in [1.54, 1.807) is 6.07 Å². The molecule has 2 rings (SSSR count). The van der Waals surface area contributed by atoms with Crippen LogP contribution < -0.4 is 5.73 Å². The summed E-state index contributed by atoms with van der Waals surface area (Å²) in [6.07, 6.45) is -1.20. The van der Waals surface area contributed by atoms with Crippen LogP contribution in [0.4, 0.5) is 18.9 Å². The Bertz CT molecular complexity index is 439. The highest BCUT2D eigenvalue weighted by Crippen LogP contribution is 2.35. The maximum absolute atomic E-state index is 13.0. The summed E-state index contributed by atoms with van der Waals surface area (Å²) in [5.74, 6) is 0. The first-order valence-electron chi connectivity index (χ1n) is 6.61. The lowest BCUT2D eigenvalue weighted by atomic mass is 10.1. The Labute approximate surface area is 111 Å². The Morgan fingerprint density at radius 3 is 2.53 bits per heavy atom. The summed E-state index contributed by atoms with van der Waals surface area (Å²) in [7, 11) is 0. The molecule has 106 valence electrons. The van der Waals surface area contributed by atoms with Gasteiger partial charge in [-0.3, -0.25) is 4.90 Å². The van der Waals surface area contributed by atoms with Crippen molar-refractivity contribution in [2.75, 3.05) is 12.3 Å².